The Morgan fingerprint density at radius 2 is 1.96 bits per heavy atom. The molecule has 7 nitrogen and oxygen atoms in total. The molecule has 1 amide bonds. The molecule has 1 aliphatic heterocycles. The van der Waals surface area contributed by atoms with E-state index < -0.39 is 0 Å². The molecular weight excluding hydrogens is 360 g/mol. The molecule has 0 spiro atoms. The highest BCUT2D eigenvalue weighted by atomic mass is 32.2. The molecule has 0 saturated carbocycles. The lowest BCUT2D eigenvalue weighted by molar-refractivity contribution is 0.102. The van der Waals surface area contributed by atoms with E-state index in [4.69, 9.17) is 0 Å². The molecule has 3 aromatic rings. The van der Waals surface area contributed by atoms with Crippen LogP contribution in [0, 0.1) is 0 Å². The van der Waals surface area contributed by atoms with Crippen molar-refractivity contribution in [2.45, 2.75) is 6.54 Å². The van der Waals surface area contributed by atoms with E-state index in [1.54, 1.807) is 12.1 Å². The molecule has 2 aromatic carbocycles. The van der Waals surface area contributed by atoms with Crippen molar-refractivity contribution in [2.75, 3.05) is 29.9 Å². The first-order chi connectivity index (χ1) is 13.3. The molecule has 1 saturated heterocycles. The Morgan fingerprint density at radius 1 is 1.11 bits per heavy atom. The van der Waals surface area contributed by atoms with Crippen LogP contribution in [0.1, 0.15) is 15.9 Å². The summed E-state index contributed by atoms with van der Waals surface area (Å²) in [5.74, 6) is 2.18. The average Bonchev–Trinajstić information content (AvgIpc) is 3.25. The second-order valence-corrected chi connectivity index (χ2v) is 7.53. The lowest BCUT2D eigenvalue weighted by atomic mass is 10.1. The fourth-order valence-corrected chi connectivity index (χ4v) is 4.02. The monoisotopic (exact) mass is 380 g/mol. The maximum atomic E-state index is 12.8. The van der Waals surface area contributed by atoms with E-state index in [9.17, 15) is 4.79 Å². The van der Waals surface area contributed by atoms with Crippen molar-refractivity contribution < 1.29 is 4.79 Å². The summed E-state index contributed by atoms with van der Waals surface area (Å²) in [7, 11) is 0. The third-order valence-corrected chi connectivity index (χ3v) is 5.43. The summed E-state index contributed by atoms with van der Waals surface area (Å²) in [5.41, 5.74) is 3.29. The normalized spacial score (nSPS) is 14.8. The van der Waals surface area contributed by atoms with Gasteiger partial charge in [-0.2, -0.15) is 11.8 Å². The number of anilines is 1. The van der Waals surface area contributed by atoms with Crippen LogP contribution in [0.2, 0.25) is 0 Å². The number of amides is 1. The van der Waals surface area contributed by atoms with Gasteiger partial charge in [0, 0.05) is 42.4 Å². The number of nitrogens with zero attached hydrogens (tertiary/aromatic N) is 5. The van der Waals surface area contributed by atoms with Crippen molar-refractivity contribution >= 4 is 23.4 Å². The quantitative estimate of drug-likeness (QED) is 0.733. The summed E-state index contributed by atoms with van der Waals surface area (Å²) in [6.45, 7) is 3.02. The van der Waals surface area contributed by atoms with E-state index in [-0.39, 0.29) is 5.91 Å². The molecule has 1 fully saturated rings. The van der Waals surface area contributed by atoms with E-state index in [1.807, 2.05) is 42.1 Å². The fourth-order valence-electron chi connectivity index (χ4n) is 3.04. The first-order valence-corrected chi connectivity index (χ1v) is 9.98. The zero-order valence-electron chi connectivity index (χ0n) is 14.8. The number of hydrogen-bond donors (Lipinski definition) is 1. The second kappa shape index (κ2) is 8.32. The number of para-hydroxylation sites is 1. The van der Waals surface area contributed by atoms with Crippen LogP contribution in [0.5, 0.6) is 0 Å². The van der Waals surface area contributed by atoms with E-state index in [0.29, 0.717) is 5.56 Å². The summed E-state index contributed by atoms with van der Waals surface area (Å²) in [6.07, 6.45) is 1.50. The van der Waals surface area contributed by atoms with Crippen molar-refractivity contribution in [3.8, 4) is 5.69 Å². The van der Waals surface area contributed by atoms with Gasteiger partial charge < -0.3 is 5.32 Å². The van der Waals surface area contributed by atoms with Gasteiger partial charge in [-0.1, -0.05) is 24.3 Å². The average molecular weight is 380 g/mol. The molecule has 0 unspecified atom stereocenters. The fraction of sp³-hybridized carbons (Fsp3) is 0.263. The van der Waals surface area contributed by atoms with Crippen molar-refractivity contribution in [3.63, 3.8) is 0 Å². The Bertz CT molecular complexity index is 908. The van der Waals surface area contributed by atoms with Crippen LogP contribution in [-0.4, -0.2) is 55.6 Å². The molecule has 0 aliphatic carbocycles. The molecule has 0 atom stereocenters. The Kier molecular flexibility index (Phi) is 5.45. The van der Waals surface area contributed by atoms with E-state index in [0.717, 1.165) is 36.6 Å². The highest BCUT2D eigenvalue weighted by Gasteiger charge is 2.14. The Morgan fingerprint density at radius 3 is 2.78 bits per heavy atom. The number of benzene rings is 2. The number of hydrogen-bond acceptors (Lipinski definition) is 6. The van der Waals surface area contributed by atoms with Gasteiger partial charge in [-0.3, -0.25) is 9.69 Å². The van der Waals surface area contributed by atoms with Crippen LogP contribution in [0.15, 0.2) is 54.9 Å². The van der Waals surface area contributed by atoms with Gasteiger partial charge in [0.15, 0.2) is 0 Å². The number of nitrogens with one attached hydrogen (secondary N) is 1. The van der Waals surface area contributed by atoms with Crippen LogP contribution in [0.3, 0.4) is 0 Å². The molecule has 138 valence electrons. The lowest BCUT2D eigenvalue weighted by Gasteiger charge is -2.27. The highest BCUT2D eigenvalue weighted by molar-refractivity contribution is 7.99. The van der Waals surface area contributed by atoms with Gasteiger partial charge >= 0.3 is 0 Å². The summed E-state index contributed by atoms with van der Waals surface area (Å²) in [5, 5.41) is 14.2. The summed E-state index contributed by atoms with van der Waals surface area (Å²) >= 11 is 1.99. The molecule has 1 N–H and O–H groups in total. The maximum absolute atomic E-state index is 12.8. The molecule has 2 heterocycles. The summed E-state index contributed by atoms with van der Waals surface area (Å²) < 4.78 is 1.53. The first-order valence-electron chi connectivity index (χ1n) is 8.82. The number of thioether (sulfide) groups is 1. The number of carbonyl (C=O) groups excluding carboxylic acids is 1. The highest BCUT2D eigenvalue weighted by Crippen LogP contribution is 2.21. The van der Waals surface area contributed by atoms with Crippen LogP contribution in [-0.2, 0) is 6.54 Å². The van der Waals surface area contributed by atoms with Crippen molar-refractivity contribution in [1.82, 2.24) is 25.1 Å². The van der Waals surface area contributed by atoms with Gasteiger partial charge in [-0.05, 0) is 40.3 Å². The van der Waals surface area contributed by atoms with E-state index in [2.05, 4.69) is 31.8 Å². The zero-order chi connectivity index (χ0) is 18.5. The predicted octanol–water partition coefficient (Wildman–Crippen LogP) is 2.46. The molecule has 4 rings (SSSR count). The van der Waals surface area contributed by atoms with Gasteiger partial charge in [0.1, 0.15) is 6.33 Å². The molecule has 8 heteroatoms. The number of rotatable bonds is 5. The van der Waals surface area contributed by atoms with Crippen LogP contribution >= 0.6 is 11.8 Å². The summed E-state index contributed by atoms with van der Waals surface area (Å²) in [4.78, 5) is 15.2. The van der Waals surface area contributed by atoms with Crippen molar-refractivity contribution in [2.24, 2.45) is 0 Å². The number of carbonyl (C=O) groups is 1. The van der Waals surface area contributed by atoms with Crippen molar-refractivity contribution in [3.05, 3.63) is 66.0 Å². The van der Waals surface area contributed by atoms with Crippen LogP contribution in [0.4, 0.5) is 5.69 Å². The third kappa shape index (κ3) is 4.35. The second-order valence-electron chi connectivity index (χ2n) is 6.30. The Labute approximate surface area is 161 Å². The summed E-state index contributed by atoms with van der Waals surface area (Å²) in [6, 6.07) is 15.2. The van der Waals surface area contributed by atoms with E-state index >= 15 is 0 Å². The smallest absolute Gasteiger partial charge is 0.255 e. The lowest BCUT2D eigenvalue weighted by Crippen LogP contribution is -2.32. The number of aromatic nitrogens is 4. The standard InChI is InChI=1S/C19H20N6OS/c26-19(15-5-3-6-17(12-15)25-14-20-22-23-25)21-18-7-2-1-4-16(18)13-24-8-10-27-11-9-24/h1-7,12,14H,8-11,13H2,(H,21,26). The molecule has 1 aliphatic rings. The molecule has 1 aromatic heterocycles. The van der Waals surface area contributed by atoms with Crippen LogP contribution in [0.25, 0.3) is 5.69 Å². The van der Waals surface area contributed by atoms with Gasteiger partial charge in [-0.15, -0.1) is 5.10 Å². The van der Waals surface area contributed by atoms with Gasteiger partial charge in [0.05, 0.1) is 5.69 Å². The molecule has 0 radical (unpaired) electrons. The minimum absolute atomic E-state index is 0.147. The SMILES string of the molecule is O=C(Nc1ccccc1CN1CCSCC1)c1cccc(-n2cnnn2)c1. The van der Waals surface area contributed by atoms with Gasteiger partial charge in [-0.25, -0.2) is 4.68 Å². The van der Waals surface area contributed by atoms with E-state index in [1.165, 1.54) is 22.5 Å². The third-order valence-electron chi connectivity index (χ3n) is 4.49. The number of tetrazole rings is 1. The zero-order valence-corrected chi connectivity index (χ0v) is 15.6. The first kappa shape index (κ1) is 17.7. The minimum Gasteiger partial charge on any atom is -0.322 e. The minimum atomic E-state index is -0.147. The maximum Gasteiger partial charge on any atom is 0.255 e. The Hall–Kier alpha value is -2.71. The molecule has 0 bridgehead atoms. The Balaban J connectivity index is 1.51. The van der Waals surface area contributed by atoms with Gasteiger partial charge in [0.25, 0.3) is 5.91 Å². The largest absolute Gasteiger partial charge is 0.322 e. The predicted molar refractivity (Wildman–Crippen MR) is 106 cm³/mol. The van der Waals surface area contributed by atoms with Crippen LogP contribution < -0.4 is 5.32 Å². The van der Waals surface area contributed by atoms with Gasteiger partial charge in [0.2, 0.25) is 0 Å². The van der Waals surface area contributed by atoms with Crippen molar-refractivity contribution in [1.29, 1.82) is 0 Å². The molecule has 27 heavy (non-hydrogen) atoms. The molecular formula is C19H20N6OS. The topological polar surface area (TPSA) is 75.9 Å².